The second kappa shape index (κ2) is 8.50. The Morgan fingerprint density at radius 3 is 2.70 bits per heavy atom. The molecule has 23 heavy (non-hydrogen) atoms. The zero-order valence-electron chi connectivity index (χ0n) is 13.1. The third-order valence-electron chi connectivity index (χ3n) is 4.16. The number of nitrogens with zero attached hydrogens (tertiary/aromatic N) is 1. The summed E-state index contributed by atoms with van der Waals surface area (Å²) >= 11 is 0. The Labute approximate surface area is 135 Å². The number of urea groups is 1. The second-order valence-corrected chi connectivity index (χ2v) is 5.99. The van der Waals surface area contributed by atoms with Crippen molar-refractivity contribution >= 4 is 12.0 Å². The first-order valence-electron chi connectivity index (χ1n) is 8.03. The van der Waals surface area contributed by atoms with Gasteiger partial charge in [-0.15, -0.1) is 0 Å². The standard InChI is InChI=1S/C17H23FN2O3/c18-15-4-1-3-14(12-15)11-13-6-9-20(10-7-13)17(23)19-8-2-5-16(21)22/h1,3-4,12-13H,2,5-11H2,(H,19,23)(H,21,22). The number of piperidine rings is 1. The number of halogens is 1. The molecule has 0 saturated carbocycles. The molecule has 1 aromatic carbocycles. The lowest BCUT2D eigenvalue weighted by molar-refractivity contribution is -0.137. The normalized spacial score (nSPS) is 15.4. The zero-order chi connectivity index (χ0) is 16.7. The Bertz CT molecular complexity index is 542. The summed E-state index contributed by atoms with van der Waals surface area (Å²) < 4.78 is 13.2. The summed E-state index contributed by atoms with van der Waals surface area (Å²) in [6.07, 6.45) is 3.15. The minimum Gasteiger partial charge on any atom is -0.481 e. The van der Waals surface area contributed by atoms with Crippen LogP contribution >= 0.6 is 0 Å². The lowest BCUT2D eigenvalue weighted by atomic mass is 9.90. The lowest BCUT2D eigenvalue weighted by Crippen LogP contribution is -2.45. The van der Waals surface area contributed by atoms with Crippen LogP contribution in [0, 0.1) is 11.7 Å². The number of hydrogen-bond donors (Lipinski definition) is 2. The number of carboxylic acids is 1. The third kappa shape index (κ3) is 5.88. The molecule has 0 unspecified atom stereocenters. The van der Waals surface area contributed by atoms with Crippen molar-refractivity contribution in [2.45, 2.75) is 32.1 Å². The van der Waals surface area contributed by atoms with Crippen molar-refractivity contribution in [3.63, 3.8) is 0 Å². The average Bonchev–Trinajstić information content (AvgIpc) is 2.52. The van der Waals surface area contributed by atoms with Gasteiger partial charge in [0.2, 0.25) is 0 Å². The van der Waals surface area contributed by atoms with Gasteiger partial charge in [0.25, 0.3) is 0 Å². The van der Waals surface area contributed by atoms with E-state index in [1.165, 1.54) is 6.07 Å². The quantitative estimate of drug-likeness (QED) is 0.791. The fraction of sp³-hybridized carbons (Fsp3) is 0.529. The van der Waals surface area contributed by atoms with Crippen LogP contribution in [0.15, 0.2) is 24.3 Å². The maximum atomic E-state index is 13.2. The van der Waals surface area contributed by atoms with Crippen LogP contribution in [-0.2, 0) is 11.2 Å². The molecule has 1 heterocycles. The molecule has 0 aliphatic carbocycles. The molecule has 1 saturated heterocycles. The van der Waals surface area contributed by atoms with Crippen LogP contribution in [0.25, 0.3) is 0 Å². The summed E-state index contributed by atoms with van der Waals surface area (Å²) in [5.41, 5.74) is 1.00. The highest BCUT2D eigenvalue weighted by atomic mass is 19.1. The van der Waals surface area contributed by atoms with Gasteiger partial charge in [-0.05, 0) is 49.3 Å². The predicted octanol–water partition coefficient (Wildman–Crippen LogP) is 2.65. The van der Waals surface area contributed by atoms with Crippen molar-refractivity contribution in [1.29, 1.82) is 0 Å². The van der Waals surface area contributed by atoms with E-state index in [0.29, 0.717) is 32.0 Å². The highest BCUT2D eigenvalue weighted by Gasteiger charge is 2.22. The molecule has 6 heteroatoms. The number of carbonyl (C=O) groups is 2. The van der Waals surface area contributed by atoms with Crippen LogP contribution < -0.4 is 5.32 Å². The van der Waals surface area contributed by atoms with Crippen molar-refractivity contribution in [2.24, 2.45) is 5.92 Å². The summed E-state index contributed by atoms with van der Waals surface area (Å²) in [6.45, 7) is 1.75. The molecule has 126 valence electrons. The number of benzene rings is 1. The molecule has 2 amide bonds. The Hall–Kier alpha value is -2.11. The van der Waals surface area contributed by atoms with E-state index in [4.69, 9.17) is 5.11 Å². The molecule has 2 rings (SSSR count). The predicted molar refractivity (Wildman–Crippen MR) is 84.7 cm³/mol. The monoisotopic (exact) mass is 322 g/mol. The molecule has 2 N–H and O–H groups in total. The lowest BCUT2D eigenvalue weighted by Gasteiger charge is -2.32. The van der Waals surface area contributed by atoms with E-state index in [-0.39, 0.29) is 18.3 Å². The van der Waals surface area contributed by atoms with Gasteiger partial charge in [-0.1, -0.05) is 12.1 Å². The molecule has 1 fully saturated rings. The molecule has 0 bridgehead atoms. The number of likely N-dealkylation sites (tertiary alicyclic amines) is 1. The number of amides is 2. The number of carbonyl (C=O) groups excluding carboxylic acids is 1. The molecule has 0 atom stereocenters. The summed E-state index contributed by atoms with van der Waals surface area (Å²) in [7, 11) is 0. The minimum atomic E-state index is -0.850. The van der Waals surface area contributed by atoms with E-state index in [2.05, 4.69) is 5.32 Å². The summed E-state index contributed by atoms with van der Waals surface area (Å²) in [4.78, 5) is 24.1. The minimum absolute atomic E-state index is 0.0655. The van der Waals surface area contributed by atoms with Gasteiger partial charge < -0.3 is 15.3 Å². The molecule has 0 aromatic heterocycles. The number of carboxylic acid groups (broad SMARTS) is 1. The van der Waals surface area contributed by atoms with Crippen LogP contribution in [-0.4, -0.2) is 41.6 Å². The Morgan fingerprint density at radius 2 is 2.04 bits per heavy atom. The van der Waals surface area contributed by atoms with Gasteiger partial charge in [0.05, 0.1) is 0 Å². The molecular weight excluding hydrogens is 299 g/mol. The topological polar surface area (TPSA) is 69.6 Å². The summed E-state index contributed by atoms with van der Waals surface area (Å²) in [5, 5.41) is 11.3. The molecule has 1 aromatic rings. The van der Waals surface area contributed by atoms with E-state index in [9.17, 15) is 14.0 Å². The van der Waals surface area contributed by atoms with Crippen molar-refractivity contribution in [3.05, 3.63) is 35.6 Å². The maximum Gasteiger partial charge on any atom is 0.317 e. The van der Waals surface area contributed by atoms with E-state index in [1.54, 1.807) is 17.0 Å². The largest absolute Gasteiger partial charge is 0.481 e. The van der Waals surface area contributed by atoms with Crippen molar-refractivity contribution < 1.29 is 19.1 Å². The smallest absolute Gasteiger partial charge is 0.317 e. The third-order valence-corrected chi connectivity index (χ3v) is 4.16. The van der Waals surface area contributed by atoms with E-state index in [0.717, 1.165) is 24.8 Å². The number of hydrogen-bond acceptors (Lipinski definition) is 2. The SMILES string of the molecule is O=C(O)CCCNC(=O)N1CCC(Cc2cccc(F)c2)CC1. The Morgan fingerprint density at radius 1 is 1.30 bits per heavy atom. The van der Waals surface area contributed by atoms with Crippen molar-refractivity contribution in [3.8, 4) is 0 Å². The maximum absolute atomic E-state index is 13.2. The van der Waals surface area contributed by atoms with Gasteiger partial charge in [-0.25, -0.2) is 9.18 Å². The van der Waals surface area contributed by atoms with Gasteiger partial charge >= 0.3 is 12.0 Å². The van der Waals surface area contributed by atoms with Gasteiger partial charge in [0, 0.05) is 26.1 Å². The van der Waals surface area contributed by atoms with Gasteiger partial charge in [-0.2, -0.15) is 0 Å². The molecule has 0 radical (unpaired) electrons. The van der Waals surface area contributed by atoms with E-state index >= 15 is 0 Å². The molecule has 5 nitrogen and oxygen atoms in total. The van der Waals surface area contributed by atoms with Crippen LogP contribution in [0.4, 0.5) is 9.18 Å². The van der Waals surface area contributed by atoms with Crippen LogP contribution in [0.5, 0.6) is 0 Å². The van der Waals surface area contributed by atoms with Crippen molar-refractivity contribution in [1.82, 2.24) is 10.2 Å². The Kier molecular flexibility index (Phi) is 6.38. The number of rotatable bonds is 6. The molecule has 1 aliphatic heterocycles. The first-order valence-corrected chi connectivity index (χ1v) is 8.03. The van der Waals surface area contributed by atoms with Crippen LogP contribution in [0.2, 0.25) is 0 Å². The van der Waals surface area contributed by atoms with E-state index < -0.39 is 5.97 Å². The Balaban J connectivity index is 1.69. The van der Waals surface area contributed by atoms with Gasteiger partial charge in [-0.3, -0.25) is 4.79 Å². The van der Waals surface area contributed by atoms with E-state index in [1.807, 2.05) is 6.07 Å². The highest BCUT2D eigenvalue weighted by molar-refractivity contribution is 5.74. The van der Waals surface area contributed by atoms with Crippen molar-refractivity contribution in [2.75, 3.05) is 19.6 Å². The van der Waals surface area contributed by atoms with Gasteiger partial charge in [0.1, 0.15) is 5.82 Å². The highest BCUT2D eigenvalue weighted by Crippen LogP contribution is 2.22. The second-order valence-electron chi connectivity index (χ2n) is 5.99. The summed E-state index contributed by atoms with van der Waals surface area (Å²) in [5.74, 6) is -0.592. The summed E-state index contributed by atoms with van der Waals surface area (Å²) in [6, 6.07) is 6.55. The first-order chi connectivity index (χ1) is 11.0. The number of nitrogens with one attached hydrogen (secondary N) is 1. The molecular formula is C17H23FN2O3. The number of aliphatic carboxylic acids is 1. The zero-order valence-corrected chi connectivity index (χ0v) is 13.1. The fourth-order valence-corrected chi connectivity index (χ4v) is 2.88. The van der Waals surface area contributed by atoms with Crippen LogP contribution in [0.3, 0.4) is 0 Å². The average molecular weight is 322 g/mol. The van der Waals surface area contributed by atoms with Gasteiger partial charge in [0.15, 0.2) is 0 Å². The van der Waals surface area contributed by atoms with Crippen LogP contribution in [0.1, 0.15) is 31.2 Å². The molecule has 1 aliphatic rings. The fourth-order valence-electron chi connectivity index (χ4n) is 2.88. The first kappa shape index (κ1) is 17.2. The molecule has 0 spiro atoms.